The van der Waals surface area contributed by atoms with Gasteiger partial charge in [0.15, 0.2) is 11.5 Å². The molecule has 180 valence electrons. The van der Waals surface area contributed by atoms with Crippen LogP contribution in [0.4, 0.5) is 5.69 Å². The molecule has 0 saturated heterocycles. The van der Waals surface area contributed by atoms with Gasteiger partial charge >= 0.3 is 0 Å². The lowest BCUT2D eigenvalue weighted by Gasteiger charge is -2.09. The summed E-state index contributed by atoms with van der Waals surface area (Å²) in [5.74, 6) is 1.75. The monoisotopic (exact) mass is 476 g/mol. The van der Waals surface area contributed by atoms with E-state index >= 15 is 0 Å². The van der Waals surface area contributed by atoms with E-state index in [2.05, 4.69) is 15.5 Å². The fraction of sp³-hybridized carbons (Fsp3) is 0.200. The van der Waals surface area contributed by atoms with Crippen LogP contribution in [0.2, 0.25) is 0 Å². The van der Waals surface area contributed by atoms with Gasteiger partial charge in [-0.2, -0.15) is 4.98 Å². The minimum Gasteiger partial charge on any atom is -0.494 e. The van der Waals surface area contributed by atoms with Crippen molar-refractivity contribution in [1.82, 2.24) is 14.7 Å². The predicted molar refractivity (Wildman–Crippen MR) is 129 cm³/mol. The van der Waals surface area contributed by atoms with E-state index in [9.17, 15) is 9.59 Å². The number of hydrogen-bond acceptors (Lipinski definition) is 8. The minimum absolute atomic E-state index is 0.0426. The molecule has 0 unspecified atom stereocenters. The molecule has 10 heteroatoms. The van der Waals surface area contributed by atoms with Crippen LogP contribution < -0.4 is 25.1 Å². The number of hydrogen-bond donors (Lipinski definition) is 1. The van der Waals surface area contributed by atoms with Gasteiger partial charge in [0.25, 0.3) is 11.4 Å². The summed E-state index contributed by atoms with van der Waals surface area (Å²) in [5.41, 5.74) is 0.972. The van der Waals surface area contributed by atoms with Crippen molar-refractivity contribution in [1.29, 1.82) is 0 Å². The van der Waals surface area contributed by atoms with Crippen LogP contribution in [-0.2, 0) is 11.3 Å². The van der Waals surface area contributed by atoms with E-state index in [0.717, 1.165) is 0 Å². The molecule has 0 aliphatic heterocycles. The van der Waals surface area contributed by atoms with E-state index in [1.54, 1.807) is 61.7 Å². The summed E-state index contributed by atoms with van der Waals surface area (Å²) in [6, 6.07) is 15.4. The number of ether oxygens (including phenoxy) is 3. The van der Waals surface area contributed by atoms with E-state index in [0.29, 0.717) is 35.1 Å². The summed E-state index contributed by atoms with van der Waals surface area (Å²) < 4.78 is 22.6. The van der Waals surface area contributed by atoms with Crippen molar-refractivity contribution in [3.8, 4) is 40.1 Å². The molecule has 10 nitrogen and oxygen atoms in total. The van der Waals surface area contributed by atoms with Crippen molar-refractivity contribution < 1.29 is 23.5 Å². The first-order valence-electron chi connectivity index (χ1n) is 10.8. The smallest absolute Gasteiger partial charge is 0.263 e. The first-order valence-corrected chi connectivity index (χ1v) is 10.8. The van der Waals surface area contributed by atoms with E-state index in [1.165, 1.54) is 17.9 Å². The van der Waals surface area contributed by atoms with Crippen LogP contribution in [0.15, 0.2) is 70.1 Å². The van der Waals surface area contributed by atoms with E-state index in [4.69, 9.17) is 18.7 Å². The average molecular weight is 476 g/mol. The zero-order chi connectivity index (χ0) is 24.8. The maximum Gasteiger partial charge on any atom is 0.263 e. The summed E-state index contributed by atoms with van der Waals surface area (Å²) in [6.07, 6.45) is 1.52. The highest BCUT2D eigenvalue weighted by atomic mass is 16.5. The van der Waals surface area contributed by atoms with Crippen molar-refractivity contribution in [3.05, 3.63) is 71.1 Å². The molecular formula is C25H24N4O6. The molecule has 2 aromatic carbocycles. The second-order valence-electron chi connectivity index (χ2n) is 7.35. The molecular weight excluding hydrogens is 452 g/mol. The van der Waals surface area contributed by atoms with Gasteiger partial charge in [-0.15, -0.1) is 0 Å². The Balaban J connectivity index is 1.51. The molecule has 0 bridgehead atoms. The molecule has 0 aliphatic carbocycles. The van der Waals surface area contributed by atoms with Crippen molar-refractivity contribution in [2.24, 2.45) is 0 Å². The molecule has 4 aromatic rings. The maximum absolute atomic E-state index is 13.0. The number of anilines is 1. The number of nitrogens with one attached hydrogen (secondary N) is 1. The summed E-state index contributed by atoms with van der Waals surface area (Å²) in [7, 11) is 3.07. The Morgan fingerprint density at radius 2 is 1.83 bits per heavy atom. The van der Waals surface area contributed by atoms with Gasteiger partial charge in [0.2, 0.25) is 11.7 Å². The molecule has 0 saturated carbocycles. The molecule has 2 aromatic heterocycles. The lowest BCUT2D eigenvalue weighted by Crippen LogP contribution is -2.28. The van der Waals surface area contributed by atoms with Gasteiger partial charge in [-0.1, -0.05) is 5.16 Å². The number of amides is 1. The fourth-order valence-electron chi connectivity index (χ4n) is 3.41. The average Bonchev–Trinajstić information content (AvgIpc) is 3.36. The third kappa shape index (κ3) is 5.32. The third-order valence-corrected chi connectivity index (χ3v) is 5.08. The van der Waals surface area contributed by atoms with Crippen LogP contribution in [0.5, 0.6) is 17.2 Å². The highest BCUT2D eigenvalue weighted by Crippen LogP contribution is 2.31. The Bertz CT molecular complexity index is 1380. The fourth-order valence-corrected chi connectivity index (χ4v) is 3.41. The number of nitrogens with zero attached hydrogens (tertiary/aromatic N) is 3. The van der Waals surface area contributed by atoms with Gasteiger partial charge < -0.3 is 28.6 Å². The van der Waals surface area contributed by atoms with Gasteiger partial charge in [0.05, 0.1) is 20.8 Å². The SMILES string of the molecule is CCOc1ccc(NC(=O)Cn2cccc(-c3nc(-c4ccc(OC)c(OC)c4)no3)c2=O)cc1. The minimum atomic E-state index is -0.433. The van der Waals surface area contributed by atoms with Crippen LogP contribution in [0, 0.1) is 0 Å². The first kappa shape index (κ1) is 23.6. The lowest BCUT2D eigenvalue weighted by molar-refractivity contribution is -0.116. The van der Waals surface area contributed by atoms with Gasteiger partial charge in [0, 0.05) is 17.4 Å². The Morgan fingerprint density at radius 1 is 1.06 bits per heavy atom. The summed E-state index contributed by atoms with van der Waals surface area (Å²) in [5, 5.41) is 6.75. The van der Waals surface area contributed by atoms with E-state index in [-0.39, 0.29) is 29.7 Å². The highest BCUT2D eigenvalue weighted by molar-refractivity contribution is 5.90. The standard InChI is InChI=1S/C25H24N4O6/c1-4-34-18-10-8-17(9-11-18)26-22(30)15-29-13-5-6-19(25(29)31)24-27-23(28-35-24)16-7-12-20(32-2)21(14-16)33-3/h5-14H,4,15H2,1-3H3,(H,26,30). The van der Waals surface area contributed by atoms with Crippen molar-refractivity contribution in [2.75, 3.05) is 26.1 Å². The third-order valence-electron chi connectivity index (χ3n) is 5.08. The Hall–Kier alpha value is -4.60. The second-order valence-corrected chi connectivity index (χ2v) is 7.35. The summed E-state index contributed by atoms with van der Waals surface area (Å²) in [6.45, 7) is 2.27. The largest absolute Gasteiger partial charge is 0.494 e. The first-order chi connectivity index (χ1) is 17.0. The zero-order valence-corrected chi connectivity index (χ0v) is 19.5. The number of pyridine rings is 1. The van der Waals surface area contributed by atoms with Crippen molar-refractivity contribution in [2.45, 2.75) is 13.5 Å². The summed E-state index contributed by atoms with van der Waals surface area (Å²) in [4.78, 5) is 29.9. The van der Waals surface area contributed by atoms with Crippen LogP contribution in [0.25, 0.3) is 22.8 Å². The van der Waals surface area contributed by atoms with Crippen LogP contribution in [-0.4, -0.2) is 41.4 Å². The maximum atomic E-state index is 13.0. The van der Waals surface area contributed by atoms with Gasteiger partial charge in [-0.05, 0) is 61.5 Å². The van der Waals surface area contributed by atoms with Crippen molar-refractivity contribution in [3.63, 3.8) is 0 Å². The molecule has 4 rings (SSSR count). The van der Waals surface area contributed by atoms with Gasteiger partial charge in [-0.3, -0.25) is 9.59 Å². The van der Waals surface area contributed by atoms with Crippen molar-refractivity contribution >= 4 is 11.6 Å². The number of methoxy groups -OCH3 is 2. The number of aromatic nitrogens is 3. The zero-order valence-electron chi connectivity index (χ0n) is 19.5. The molecule has 0 fully saturated rings. The van der Waals surface area contributed by atoms with Crippen LogP contribution in [0.1, 0.15) is 6.92 Å². The van der Waals surface area contributed by atoms with Gasteiger partial charge in [0.1, 0.15) is 17.9 Å². The molecule has 1 amide bonds. The number of rotatable bonds is 9. The quantitative estimate of drug-likeness (QED) is 0.389. The molecule has 0 aliphatic rings. The van der Waals surface area contributed by atoms with E-state index < -0.39 is 5.56 Å². The second kappa shape index (κ2) is 10.6. The lowest BCUT2D eigenvalue weighted by atomic mass is 10.2. The Morgan fingerprint density at radius 3 is 2.54 bits per heavy atom. The molecule has 35 heavy (non-hydrogen) atoms. The Kier molecular flexibility index (Phi) is 7.10. The number of benzene rings is 2. The van der Waals surface area contributed by atoms with Crippen LogP contribution >= 0.6 is 0 Å². The molecule has 0 atom stereocenters. The molecule has 0 spiro atoms. The molecule has 1 N–H and O–H groups in total. The summed E-state index contributed by atoms with van der Waals surface area (Å²) >= 11 is 0. The predicted octanol–water partition coefficient (Wildman–Crippen LogP) is 3.62. The molecule has 2 heterocycles. The number of carbonyl (C=O) groups excluding carboxylic acids is 1. The van der Waals surface area contributed by atoms with E-state index in [1.807, 2.05) is 6.92 Å². The molecule has 0 radical (unpaired) electrons. The number of carbonyl (C=O) groups is 1. The highest BCUT2D eigenvalue weighted by Gasteiger charge is 2.17. The topological polar surface area (TPSA) is 118 Å². The van der Waals surface area contributed by atoms with Crippen LogP contribution in [0.3, 0.4) is 0 Å². The Labute approximate surface area is 201 Å². The van der Waals surface area contributed by atoms with Gasteiger partial charge in [-0.25, -0.2) is 0 Å². The normalized spacial score (nSPS) is 10.6.